The lowest BCUT2D eigenvalue weighted by Gasteiger charge is -2.27. The van der Waals surface area contributed by atoms with E-state index in [1.54, 1.807) is 0 Å². The number of piperidine rings is 1. The number of nitrogens with zero attached hydrogens (tertiary/aromatic N) is 5. The monoisotopic (exact) mass is 569 g/mol. The molecule has 3 aliphatic rings. The Morgan fingerprint density at radius 3 is 2.60 bits per heavy atom. The average molecular weight is 570 g/mol. The number of carbonyl (C=O) groups excluding carboxylic acids is 1. The zero-order chi connectivity index (χ0) is 29.0. The summed E-state index contributed by atoms with van der Waals surface area (Å²) in [6.45, 7) is 8.28. The molecule has 0 spiro atoms. The molecule has 1 aliphatic heterocycles. The fourth-order valence-corrected chi connectivity index (χ4v) is 7.88. The van der Waals surface area contributed by atoms with Crippen LogP contribution in [0, 0.1) is 31.6 Å². The van der Waals surface area contributed by atoms with Gasteiger partial charge in [-0.05, 0) is 105 Å². The molecule has 7 heteroatoms. The molecule has 1 saturated heterocycles. The highest BCUT2D eigenvalue weighted by Gasteiger charge is 2.46. The van der Waals surface area contributed by atoms with Crippen molar-refractivity contribution in [2.75, 3.05) is 6.54 Å². The van der Waals surface area contributed by atoms with Gasteiger partial charge in [0.1, 0.15) is 11.4 Å². The first-order chi connectivity index (χ1) is 20.9. The summed E-state index contributed by atoms with van der Waals surface area (Å²) in [5, 5.41) is 10.8. The molecule has 7 nitrogen and oxygen atoms in total. The summed E-state index contributed by atoms with van der Waals surface area (Å²) in [5.41, 5.74) is 8.10. The number of aromatic nitrogens is 4. The predicted molar refractivity (Wildman–Crippen MR) is 168 cm³/mol. The van der Waals surface area contributed by atoms with Crippen molar-refractivity contribution in [2.24, 2.45) is 17.8 Å². The Bertz CT molecular complexity index is 2090. The Kier molecular flexibility index (Phi) is 5.29. The van der Waals surface area contributed by atoms with Crippen LogP contribution in [0.25, 0.3) is 50.1 Å². The van der Waals surface area contributed by atoms with E-state index >= 15 is 0 Å². The molecule has 3 fully saturated rings. The number of rotatable bonds is 5. The van der Waals surface area contributed by atoms with Crippen LogP contribution in [0.3, 0.4) is 0 Å². The van der Waals surface area contributed by atoms with Crippen LogP contribution in [0.15, 0.2) is 65.2 Å². The van der Waals surface area contributed by atoms with E-state index in [1.807, 2.05) is 29.7 Å². The normalized spacial score (nSPS) is 21.7. The van der Waals surface area contributed by atoms with Gasteiger partial charge in [0.2, 0.25) is 0 Å². The Labute approximate surface area is 250 Å². The minimum Gasteiger partial charge on any atom is -0.454 e. The summed E-state index contributed by atoms with van der Waals surface area (Å²) in [6, 6.07) is 19.6. The molecule has 5 heterocycles. The molecule has 1 amide bonds. The molecule has 216 valence electrons. The third kappa shape index (κ3) is 3.83. The lowest BCUT2D eigenvalue weighted by Crippen LogP contribution is -2.38. The van der Waals surface area contributed by atoms with Crippen molar-refractivity contribution in [2.45, 2.75) is 59.0 Å². The molecule has 0 radical (unpaired) electrons. The highest BCUT2D eigenvalue weighted by atomic mass is 16.3. The van der Waals surface area contributed by atoms with Gasteiger partial charge < -0.3 is 13.9 Å². The Morgan fingerprint density at radius 2 is 1.81 bits per heavy atom. The fraction of sp³-hybridized carbons (Fsp3) is 0.361. The standard InChI is InChI=1S/C36H35N5O2/c1-20-28-9-11-30(20)41(19-28)36(42)27-8-10-29-21(2)35(43-33(29)16-27)32-15-26-7-6-24(14-31(26)40(32)18-23-4-5-23)25-12-13-39-22(3)37-38-34(39)17-25/h6-8,10,12-17,20,23,28,30H,4-5,9,11,18-19H2,1-3H3/t20-,28?,30?/m1/s1. The molecule has 2 aromatic carbocycles. The van der Waals surface area contributed by atoms with Crippen LogP contribution in [0.2, 0.25) is 0 Å². The molecule has 4 aromatic heterocycles. The predicted octanol–water partition coefficient (Wildman–Crippen LogP) is 7.66. The van der Waals surface area contributed by atoms with Crippen molar-refractivity contribution >= 4 is 33.4 Å². The van der Waals surface area contributed by atoms with Crippen LogP contribution < -0.4 is 0 Å². The lowest BCUT2D eigenvalue weighted by atomic mass is 10.0. The van der Waals surface area contributed by atoms with Crippen LogP contribution in [0.5, 0.6) is 0 Å². The van der Waals surface area contributed by atoms with Gasteiger partial charge in [0.05, 0.1) is 5.69 Å². The number of benzene rings is 2. The van der Waals surface area contributed by atoms with Crippen LogP contribution in [-0.2, 0) is 6.54 Å². The van der Waals surface area contributed by atoms with Crippen molar-refractivity contribution in [1.82, 2.24) is 24.1 Å². The quantitative estimate of drug-likeness (QED) is 0.214. The van der Waals surface area contributed by atoms with Gasteiger partial charge in [-0.15, -0.1) is 10.2 Å². The van der Waals surface area contributed by atoms with Gasteiger partial charge in [0, 0.05) is 52.7 Å². The summed E-state index contributed by atoms with van der Waals surface area (Å²) < 4.78 is 11.1. The number of aryl methyl sites for hydroxylation is 2. The minimum atomic E-state index is 0.145. The fourth-order valence-electron chi connectivity index (χ4n) is 7.88. The van der Waals surface area contributed by atoms with Gasteiger partial charge >= 0.3 is 0 Å². The minimum absolute atomic E-state index is 0.145. The first kappa shape index (κ1) is 25.1. The third-order valence-electron chi connectivity index (χ3n) is 10.6. The Balaban J connectivity index is 1.12. The van der Waals surface area contributed by atoms with Crippen LogP contribution >= 0.6 is 0 Å². The SMILES string of the molecule is Cc1c(-c2cc3ccc(-c4ccn5c(C)nnc5c4)cc3n2CC2CC2)oc2cc(C(=O)N3CC4CCC3[C@@H]4C)ccc12. The van der Waals surface area contributed by atoms with Gasteiger partial charge in [-0.1, -0.05) is 25.1 Å². The van der Waals surface area contributed by atoms with Crippen LogP contribution in [-0.4, -0.2) is 42.6 Å². The van der Waals surface area contributed by atoms with E-state index in [0.717, 1.165) is 75.7 Å². The molecule has 2 unspecified atom stereocenters. The van der Waals surface area contributed by atoms with E-state index < -0.39 is 0 Å². The summed E-state index contributed by atoms with van der Waals surface area (Å²) in [6.07, 6.45) is 6.96. The van der Waals surface area contributed by atoms with Crippen molar-refractivity contribution < 1.29 is 9.21 Å². The van der Waals surface area contributed by atoms with Gasteiger partial charge in [-0.3, -0.25) is 9.20 Å². The van der Waals surface area contributed by atoms with E-state index in [4.69, 9.17) is 4.42 Å². The third-order valence-corrected chi connectivity index (χ3v) is 10.6. The summed E-state index contributed by atoms with van der Waals surface area (Å²) >= 11 is 0. The highest BCUT2D eigenvalue weighted by molar-refractivity contribution is 6.00. The first-order valence-electron chi connectivity index (χ1n) is 15.7. The Morgan fingerprint density at radius 1 is 0.953 bits per heavy atom. The van der Waals surface area contributed by atoms with E-state index in [-0.39, 0.29) is 5.91 Å². The van der Waals surface area contributed by atoms with Gasteiger partial charge in [-0.25, -0.2) is 0 Å². The second-order valence-electron chi connectivity index (χ2n) is 13.2. The highest BCUT2D eigenvalue weighted by Crippen LogP contribution is 2.44. The zero-order valence-electron chi connectivity index (χ0n) is 24.9. The zero-order valence-corrected chi connectivity index (χ0v) is 24.9. The maximum atomic E-state index is 13.6. The molecular weight excluding hydrogens is 534 g/mol. The second-order valence-corrected chi connectivity index (χ2v) is 13.2. The topological polar surface area (TPSA) is 68.6 Å². The maximum Gasteiger partial charge on any atom is 0.254 e. The summed E-state index contributed by atoms with van der Waals surface area (Å²) in [4.78, 5) is 15.7. The molecule has 6 aromatic rings. The van der Waals surface area contributed by atoms with Gasteiger partial charge in [-0.2, -0.15) is 0 Å². The number of fused-ring (bicyclic) bond motifs is 5. The molecule has 2 bridgehead atoms. The number of amides is 1. The van der Waals surface area contributed by atoms with Crippen molar-refractivity contribution in [1.29, 1.82) is 0 Å². The van der Waals surface area contributed by atoms with E-state index in [0.29, 0.717) is 23.8 Å². The summed E-state index contributed by atoms with van der Waals surface area (Å²) in [7, 11) is 0. The van der Waals surface area contributed by atoms with E-state index in [9.17, 15) is 4.79 Å². The molecule has 43 heavy (non-hydrogen) atoms. The Hall–Kier alpha value is -4.39. The largest absolute Gasteiger partial charge is 0.454 e. The summed E-state index contributed by atoms with van der Waals surface area (Å²) in [5.74, 6) is 3.88. The average Bonchev–Trinajstić information content (AvgIpc) is 3.23. The molecule has 2 aliphatic carbocycles. The maximum absolute atomic E-state index is 13.6. The molecular formula is C36H35N5O2. The van der Waals surface area contributed by atoms with Crippen molar-refractivity contribution in [3.8, 4) is 22.6 Å². The molecule has 9 rings (SSSR count). The number of hydrogen-bond donors (Lipinski definition) is 0. The number of pyridine rings is 1. The number of carbonyl (C=O) groups is 1. The molecule has 2 saturated carbocycles. The van der Waals surface area contributed by atoms with Crippen LogP contribution in [0.1, 0.15) is 54.4 Å². The number of hydrogen-bond acceptors (Lipinski definition) is 4. The van der Waals surface area contributed by atoms with E-state index in [1.165, 1.54) is 30.2 Å². The first-order valence-corrected chi connectivity index (χ1v) is 15.7. The number of likely N-dealkylation sites (tertiary alicyclic amines) is 1. The van der Waals surface area contributed by atoms with Gasteiger partial charge in [0.25, 0.3) is 5.91 Å². The molecule has 0 N–H and O–H groups in total. The van der Waals surface area contributed by atoms with E-state index in [2.05, 4.69) is 76.0 Å². The molecule has 3 atom stereocenters. The van der Waals surface area contributed by atoms with Crippen molar-refractivity contribution in [3.05, 3.63) is 77.7 Å². The van der Waals surface area contributed by atoms with Gasteiger partial charge in [0.15, 0.2) is 11.4 Å². The number of furan rings is 1. The second kappa shape index (κ2) is 9.06. The van der Waals surface area contributed by atoms with Crippen LogP contribution in [0.4, 0.5) is 0 Å². The lowest BCUT2D eigenvalue weighted by molar-refractivity contribution is 0.0696. The van der Waals surface area contributed by atoms with Crippen molar-refractivity contribution in [3.63, 3.8) is 0 Å². The smallest absolute Gasteiger partial charge is 0.254 e.